The molecule has 7 heteroatoms. The van der Waals surface area contributed by atoms with Crippen LogP contribution in [0.25, 0.3) is 10.9 Å². The van der Waals surface area contributed by atoms with E-state index in [1.54, 1.807) is 22.9 Å². The van der Waals surface area contributed by atoms with Gasteiger partial charge in [0, 0.05) is 29.4 Å². The first-order valence-electron chi connectivity index (χ1n) is 7.39. The van der Waals surface area contributed by atoms with Gasteiger partial charge in [-0.15, -0.1) is 11.3 Å². The first-order chi connectivity index (χ1) is 11.6. The second kappa shape index (κ2) is 6.72. The van der Waals surface area contributed by atoms with Crippen LogP contribution in [0, 0.1) is 18.3 Å². The predicted octanol–water partition coefficient (Wildman–Crippen LogP) is 2.43. The van der Waals surface area contributed by atoms with E-state index < -0.39 is 5.92 Å². The number of hydrogen-bond acceptors (Lipinski definition) is 6. The summed E-state index contributed by atoms with van der Waals surface area (Å²) in [6, 6.07) is 9.16. The zero-order valence-corrected chi connectivity index (χ0v) is 13.8. The predicted molar refractivity (Wildman–Crippen MR) is 90.8 cm³/mol. The fourth-order valence-corrected chi connectivity index (χ4v) is 3.33. The molecule has 24 heavy (non-hydrogen) atoms. The number of nitriles is 1. The maximum atomic E-state index is 12.4. The number of Topliss-reactive ketones (excluding diaryl/α,β-unsaturated/α-hetero) is 1. The van der Waals surface area contributed by atoms with Gasteiger partial charge in [-0.25, -0.2) is 4.98 Å². The van der Waals surface area contributed by atoms with E-state index in [2.05, 4.69) is 10.1 Å². The molecule has 0 saturated heterocycles. The standard InChI is InChI=1S/C17H14N4O2S/c1-11-10-24-17(20-11)13(8-18)15(22)6-7-21-14-5-3-2-4-12(14)16(23)9-19-21/h2-5,9-10,13H,6-7H2,1H3. The summed E-state index contributed by atoms with van der Waals surface area (Å²) in [5.41, 5.74) is 1.33. The SMILES string of the molecule is Cc1csc(C(C#N)C(=O)CCn2ncc(=O)c3ccccc32)n1. The van der Waals surface area contributed by atoms with E-state index >= 15 is 0 Å². The number of carbonyl (C=O) groups excluding carboxylic acids is 1. The Hall–Kier alpha value is -2.85. The molecule has 0 saturated carbocycles. The smallest absolute Gasteiger partial charge is 0.207 e. The van der Waals surface area contributed by atoms with Crippen molar-refractivity contribution in [1.82, 2.24) is 14.8 Å². The van der Waals surface area contributed by atoms with Gasteiger partial charge in [0.15, 0.2) is 11.7 Å². The second-order valence-corrected chi connectivity index (χ2v) is 6.24. The van der Waals surface area contributed by atoms with Gasteiger partial charge >= 0.3 is 0 Å². The summed E-state index contributed by atoms with van der Waals surface area (Å²) in [5.74, 6) is -1.05. The number of hydrogen-bond donors (Lipinski definition) is 0. The van der Waals surface area contributed by atoms with Gasteiger partial charge in [0.25, 0.3) is 0 Å². The first-order valence-corrected chi connectivity index (χ1v) is 8.27. The number of thiazole rings is 1. The molecule has 3 rings (SSSR count). The first kappa shape index (κ1) is 16.0. The van der Waals surface area contributed by atoms with Gasteiger partial charge in [0.2, 0.25) is 5.43 Å². The fraction of sp³-hybridized carbons (Fsp3) is 0.235. The lowest BCUT2D eigenvalue weighted by molar-refractivity contribution is -0.119. The molecular weight excluding hydrogens is 324 g/mol. The molecule has 0 fully saturated rings. The summed E-state index contributed by atoms with van der Waals surface area (Å²) in [6.07, 6.45) is 1.40. The largest absolute Gasteiger partial charge is 0.298 e. The topological polar surface area (TPSA) is 88.6 Å². The number of aryl methyl sites for hydroxylation is 2. The Morgan fingerprint density at radius 1 is 1.42 bits per heavy atom. The third-order valence-corrected chi connectivity index (χ3v) is 4.69. The van der Waals surface area contributed by atoms with Crippen LogP contribution in [0.3, 0.4) is 0 Å². The van der Waals surface area contributed by atoms with Crippen molar-refractivity contribution >= 4 is 28.0 Å². The summed E-state index contributed by atoms with van der Waals surface area (Å²) in [6.45, 7) is 2.14. The Morgan fingerprint density at radius 3 is 2.92 bits per heavy atom. The van der Waals surface area contributed by atoms with Crippen LogP contribution in [0.2, 0.25) is 0 Å². The van der Waals surface area contributed by atoms with Crippen LogP contribution in [-0.4, -0.2) is 20.5 Å². The molecule has 0 aliphatic rings. The van der Waals surface area contributed by atoms with Gasteiger partial charge < -0.3 is 0 Å². The summed E-state index contributed by atoms with van der Waals surface area (Å²) >= 11 is 1.32. The molecule has 3 aromatic rings. The molecule has 120 valence electrons. The van der Waals surface area contributed by atoms with Crippen molar-refractivity contribution in [2.24, 2.45) is 0 Å². The maximum Gasteiger partial charge on any atom is 0.207 e. The Balaban J connectivity index is 1.81. The lowest BCUT2D eigenvalue weighted by Gasteiger charge is -2.10. The molecule has 0 aliphatic heterocycles. The van der Waals surface area contributed by atoms with Gasteiger partial charge in [-0.05, 0) is 19.1 Å². The number of para-hydroxylation sites is 1. The van der Waals surface area contributed by atoms with E-state index in [1.807, 2.05) is 24.4 Å². The number of benzene rings is 1. The molecular formula is C17H14N4O2S. The summed E-state index contributed by atoms with van der Waals surface area (Å²) in [5, 5.41) is 16.3. The Bertz CT molecular complexity index is 999. The average molecular weight is 338 g/mol. The molecule has 0 N–H and O–H groups in total. The third-order valence-electron chi connectivity index (χ3n) is 3.67. The molecule has 2 aromatic heterocycles. The average Bonchev–Trinajstić information content (AvgIpc) is 3.01. The van der Waals surface area contributed by atoms with Crippen LogP contribution in [0.1, 0.15) is 23.0 Å². The molecule has 1 unspecified atom stereocenters. The molecule has 6 nitrogen and oxygen atoms in total. The number of nitrogens with zero attached hydrogens (tertiary/aromatic N) is 4. The van der Waals surface area contributed by atoms with Gasteiger partial charge in [0.05, 0.1) is 17.8 Å². The maximum absolute atomic E-state index is 12.4. The van der Waals surface area contributed by atoms with Crippen molar-refractivity contribution in [3.63, 3.8) is 0 Å². The van der Waals surface area contributed by atoms with E-state index in [9.17, 15) is 14.9 Å². The van der Waals surface area contributed by atoms with Crippen molar-refractivity contribution in [2.45, 2.75) is 25.8 Å². The lowest BCUT2D eigenvalue weighted by Crippen LogP contribution is -2.17. The van der Waals surface area contributed by atoms with Crippen LogP contribution in [0.5, 0.6) is 0 Å². The molecule has 2 heterocycles. The lowest BCUT2D eigenvalue weighted by atomic mass is 10.0. The Labute approximate surface area is 142 Å². The molecule has 0 amide bonds. The number of fused-ring (bicyclic) bond motifs is 1. The quantitative estimate of drug-likeness (QED) is 0.713. The van der Waals surface area contributed by atoms with Crippen LogP contribution in [-0.2, 0) is 11.3 Å². The van der Waals surface area contributed by atoms with E-state index in [-0.39, 0.29) is 17.6 Å². The zero-order valence-electron chi connectivity index (χ0n) is 13.0. The minimum absolute atomic E-state index is 0.150. The second-order valence-electron chi connectivity index (χ2n) is 5.35. The molecule has 0 spiro atoms. The number of aromatic nitrogens is 3. The normalized spacial score (nSPS) is 12.0. The van der Waals surface area contributed by atoms with Crippen LogP contribution < -0.4 is 5.43 Å². The van der Waals surface area contributed by atoms with E-state index in [1.165, 1.54) is 17.5 Å². The van der Waals surface area contributed by atoms with Gasteiger partial charge in [0.1, 0.15) is 5.01 Å². The van der Waals surface area contributed by atoms with E-state index in [4.69, 9.17) is 0 Å². The van der Waals surface area contributed by atoms with Crippen molar-refractivity contribution in [3.8, 4) is 6.07 Å². The van der Waals surface area contributed by atoms with E-state index in [0.29, 0.717) is 22.5 Å². The highest BCUT2D eigenvalue weighted by Crippen LogP contribution is 2.22. The molecule has 0 aliphatic carbocycles. The molecule has 1 atom stereocenters. The van der Waals surface area contributed by atoms with Crippen molar-refractivity contribution in [2.75, 3.05) is 0 Å². The number of ketones is 1. The summed E-state index contributed by atoms with van der Waals surface area (Å²) in [4.78, 5) is 28.5. The number of rotatable bonds is 5. The Kier molecular flexibility index (Phi) is 4.49. The van der Waals surface area contributed by atoms with Crippen LogP contribution in [0.4, 0.5) is 0 Å². The fourth-order valence-electron chi connectivity index (χ4n) is 2.47. The number of carbonyl (C=O) groups is 1. The van der Waals surface area contributed by atoms with Gasteiger partial charge in [-0.1, -0.05) is 12.1 Å². The highest BCUT2D eigenvalue weighted by atomic mass is 32.1. The summed E-state index contributed by atoms with van der Waals surface area (Å²) in [7, 11) is 0. The summed E-state index contributed by atoms with van der Waals surface area (Å²) < 4.78 is 1.62. The highest BCUT2D eigenvalue weighted by molar-refractivity contribution is 7.09. The van der Waals surface area contributed by atoms with E-state index in [0.717, 1.165) is 5.69 Å². The molecule has 1 aromatic carbocycles. The minimum atomic E-state index is -0.852. The monoisotopic (exact) mass is 338 g/mol. The Morgan fingerprint density at radius 2 is 2.21 bits per heavy atom. The third kappa shape index (κ3) is 3.09. The van der Waals surface area contributed by atoms with Crippen molar-refractivity contribution in [1.29, 1.82) is 5.26 Å². The molecule has 0 radical (unpaired) electrons. The van der Waals surface area contributed by atoms with Crippen molar-refractivity contribution < 1.29 is 4.79 Å². The van der Waals surface area contributed by atoms with Gasteiger partial charge in [-0.3, -0.25) is 14.3 Å². The minimum Gasteiger partial charge on any atom is -0.298 e. The van der Waals surface area contributed by atoms with Crippen LogP contribution in [0.15, 0.2) is 40.6 Å². The van der Waals surface area contributed by atoms with Gasteiger partial charge in [-0.2, -0.15) is 10.4 Å². The highest BCUT2D eigenvalue weighted by Gasteiger charge is 2.23. The van der Waals surface area contributed by atoms with Crippen LogP contribution >= 0.6 is 11.3 Å². The molecule has 0 bridgehead atoms. The zero-order chi connectivity index (χ0) is 17.1. The van der Waals surface area contributed by atoms with Crippen molar-refractivity contribution in [3.05, 3.63) is 56.8 Å².